The average molecular weight is 315 g/mol. The molecule has 5 heteroatoms. The molecule has 114 valence electrons. The third-order valence-electron chi connectivity index (χ3n) is 3.59. The van der Waals surface area contributed by atoms with Gasteiger partial charge in [0.2, 0.25) is 0 Å². The van der Waals surface area contributed by atoms with Crippen molar-refractivity contribution in [3.63, 3.8) is 0 Å². The number of aliphatic hydroxyl groups excluding tert-OH is 1. The Labute approximate surface area is 132 Å². The summed E-state index contributed by atoms with van der Waals surface area (Å²) in [7, 11) is 0. The Morgan fingerprint density at radius 2 is 2.18 bits per heavy atom. The highest BCUT2D eigenvalue weighted by molar-refractivity contribution is 7.09. The van der Waals surface area contributed by atoms with E-state index in [1.807, 2.05) is 37.6 Å². The summed E-state index contributed by atoms with van der Waals surface area (Å²) in [5, 5.41) is 10.6. The summed E-state index contributed by atoms with van der Waals surface area (Å²) in [5.74, 6) is 1.36. The van der Waals surface area contributed by atoms with Gasteiger partial charge in [0.25, 0.3) is 0 Å². The second-order valence-corrected chi connectivity index (χ2v) is 6.09. The van der Waals surface area contributed by atoms with Gasteiger partial charge < -0.3 is 14.3 Å². The second kappa shape index (κ2) is 5.50. The number of hydrogen-bond acceptors (Lipinski definition) is 5. The molecule has 1 atom stereocenters. The molecule has 1 unspecified atom stereocenters. The summed E-state index contributed by atoms with van der Waals surface area (Å²) in [6.07, 6.45) is -0.0845. The van der Waals surface area contributed by atoms with E-state index in [0.29, 0.717) is 16.9 Å². The van der Waals surface area contributed by atoms with Gasteiger partial charge in [0.15, 0.2) is 0 Å². The molecule has 0 aliphatic heterocycles. The van der Waals surface area contributed by atoms with E-state index in [2.05, 4.69) is 11.6 Å². The number of hydrogen-bond donors (Lipinski definition) is 1. The molecule has 2 aromatic heterocycles. The van der Waals surface area contributed by atoms with E-state index in [1.54, 1.807) is 18.3 Å². The van der Waals surface area contributed by atoms with Gasteiger partial charge in [-0.05, 0) is 39.0 Å². The van der Waals surface area contributed by atoms with Crippen molar-refractivity contribution in [1.82, 2.24) is 4.98 Å². The standard InChI is InChI=1S/C17H17NO3S/c1-9-17(22-8-18-9)12(4)20-13-5-6-15-14(7-13)16(10(2)19)11(3)21-15/h5-8,12,19H,2H2,1,3-4H3. The average Bonchev–Trinajstić information content (AvgIpc) is 3.00. The van der Waals surface area contributed by atoms with Crippen molar-refractivity contribution in [3.8, 4) is 5.75 Å². The zero-order valence-corrected chi connectivity index (χ0v) is 13.5. The molecular formula is C17H17NO3S. The van der Waals surface area contributed by atoms with Crippen LogP contribution in [0.3, 0.4) is 0 Å². The molecule has 0 aliphatic carbocycles. The number of furan rings is 1. The predicted octanol–water partition coefficient (Wildman–Crippen LogP) is 5.17. The first-order chi connectivity index (χ1) is 10.5. The fourth-order valence-electron chi connectivity index (χ4n) is 2.59. The molecule has 4 nitrogen and oxygen atoms in total. The Kier molecular flexibility index (Phi) is 3.66. The number of thiazole rings is 1. The molecule has 1 N–H and O–H groups in total. The molecule has 0 aliphatic rings. The zero-order valence-electron chi connectivity index (χ0n) is 12.7. The van der Waals surface area contributed by atoms with Crippen LogP contribution in [0, 0.1) is 13.8 Å². The van der Waals surface area contributed by atoms with Gasteiger partial charge in [0.05, 0.1) is 21.6 Å². The van der Waals surface area contributed by atoms with Gasteiger partial charge in [0, 0.05) is 5.39 Å². The lowest BCUT2D eigenvalue weighted by molar-refractivity contribution is 0.230. The van der Waals surface area contributed by atoms with Gasteiger partial charge in [-0.3, -0.25) is 0 Å². The Bertz CT molecular complexity index is 847. The fraction of sp³-hybridized carbons (Fsp3) is 0.235. The molecule has 1 aromatic carbocycles. The van der Waals surface area contributed by atoms with Crippen LogP contribution in [-0.4, -0.2) is 10.1 Å². The topological polar surface area (TPSA) is 55.5 Å². The number of nitrogens with zero attached hydrogens (tertiary/aromatic N) is 1. The number of aryl methyl sites for hydroxylation is 2. The van der Waals surface area contributed by atoms with Crippen molar-refractivity contribution in [2.75, 3.05) is 0 Å². The van der Waals surface area contributed by atoms with Crippen LogP contribution in [0.15, 0.2) is 34.7 Å². The van der Waals surface area contributed by atoms with Crippen LogP contribution < -0.4 is 4.74 Å². The molecule has 2 heterocycles. The molecular weight excluding hydrogens is 298 g/mol. The van der Waals surface area contributed by atoms with Gasteiger partial charge in [-0.2, -0.15) is 0 Å². The Balaban J connectivity index is 1.97. The lowest BCUT2D eigenvalue weighted by Crippen LogP contribution is -2.02. The van der Waals surface area contributed by atoms with Crippen LogP contribution in [0.5, 0.6) is 5.75 Å². The number of aliphatic hydroxyl groups is 1. The van der Waals surface area contributed by atoms with E-state index in [4.69, 9.17) is 9.15 Å². The number of benzene rings is 1. The van der Waals surface area contributed by atoms with Gasteiger partial charge in [0.1, 0.15) is 29.0 Å². The molecule has 0 spiro atoms. The van der Waals surface area contributed by atoms with Crippen molar-refractivity contribution < 1.29 is 14.3 Å². The SMILES string of the molecule is C=C(O)c1c(C)oc2ccc(OC(C)c3scnc3C)cc12. The first-order valence-electron chi connectivity index (χ1n) is 6.95. The van der Waals surface area contributed by atoms with Crippen LogP contribution >= 0.6 is 11.3 Å². The molecule has 3 aromatic rings. The lowest BCUT2D eigenvalue weighted by Gasteiger charge is -2.14. The van der Waals surface area contributed by atoms with E-state index < -0.39 is 0 Å². The highest BCUT2D eigenvalue weighted by Crippen LogP contribution is 2.34. The number of fused-ring (bicyclic) bond motifs is 1. The van der Waals surface area contributed by atoms with Crippen LogP contribution in [0.25, 0.3) is 16.7 Å². The minimum Gasteiger partial charge on any atom is -0.508 e. The summed E-state index contributed by atoms with van der Waals surface area (Å²) in [5.41, 5.74) is 4.14. The predicted molar refractivity (Wildman–Crippen MR) is 88.5 cm³/mol. The lowest BCUT2D eigenvalue weighted by atomic mass is 10.1. The molecule has 22 heavy (non-hydrogen) atoms. The quantitative estimate of drug-likeness (QED) is 0.674. The van der Waals surface area contributed by atoms with Crippen molar-refractivity contribution in [3.05, 3.63) is 52.2 Å². The largest absolute Gasteiger partial charge is 0.508 e. The monoisotopic (exact) mass is 315 g/mol. The van der Waals surface area contributed by atoms with Crippen LogP contribution in [0.4, 0.5) is 0 Å². The van der Waals surface area contributed by atoms with Crippen LogP contribution in [-0.2, 0) is 0 Å². The maximum Gasteiger partial charge on any atom is 0.135 e. The minimum absolute atomic E-state index is 0.000232. The fourth-order valence-corrected chi connectivity index (χ4v) is 3.38. The molecule has 0 radical (unpaired) electrons. The highest BCUT2D eigenvalue weighted by atomic mass is 32.1. The van der Waals surface area contributed by atoms with Crippen molar-refractivity contribution >= 4 is 28.1 Å². The summed E-state index contributed by atoms with van der Waals surface area (Å²) < 4.78 is 11.6. The normalized spacial score (nSPS) is 12.5. The molecule has 3 rings (SSSR count). The third kappa shape index (κ3) is 2.48. The first kappa shape index (κ1) is 14.7. The maximum absolute atomic E-state index is 9.75. The van der Waals surface area contributed by atoms with E-state index >= 15 is 0 Å². The highest BCUT2D eigenvalue weighted by Gasteiger charge is 2.16. The summed E-state index contributed by atoms with van der Waals surface area (Å²) in [4.78, 5) is 5.36. The number of rotatable bonds is 4. The first-order valence-corrected chi connectivity index (χ1v) is 7.83. The van der Waals surface area contributed by atoms with Crippen molar-refractivity contribution in [2.45, 2.75) is 26.9 Å². The van der Waals surface area contributed by atoms with Gasteiger partial charge >= 0.3 is 0 Å². The minimum atomic E-state index is -0.0845. The van der Waals surface area contributed by atoms with E-state index in [1.165, 1.54) is 0 Å². The molecule has 0 amide bonds. The Morgan fingerprint density at radius 1 is 1.41 bits per heavy atom. The smallest absolute Gasteiger partial charge is 0.135 e. The molecule has 0 fully saturated rings. The summed E-state index contributed by atoms with van der Waals surface area (Å²) >= 11 is 1.58. The Hall–Kier alpha value is -2.27. The van der Waals surface area contributed by atoms with E-state index in [-0.39, 0.29) is 11.9 Å². The van der Waals surface area contributed by atoms with Crippen LogP contribution in [0.2, 0.25) is 0 Å². The zero-order chi connectivity index (χ0) is 15.9. The van der Waals surface area contributed by atoms with Gasteiger partial charge in [-0.25, -0.2) is 4.98 Å². The Morgan fingerprint density at radius 3 is 2.82 bits per heavy atom. The summed E-state index contributed by atoms with van der Waals surface area (Å²) in [6, 6.07) is 5.58. The second-order valence-electron chi connectivity index (χ2n) is 5.20. The number of aromatic nitrogens is 1. The molecule has 0 bridgehead atoms. The number of ether oxygens (including phenoxy) is 1. The molecule has 0 saturated heterocycles. The van der Waals surface area contributed by atoms with Gasteiger partial charge in [-0.1, -0.05) is 6.58 Å². The van der Waals surface area contributed by atoms with Crippen molar-refractivity contribution in [1.29, 1.82) is 0 Å². The van der Waals surface area contributed by atoms with E-state index in [9.17, 15) is 5.11 Å². The van der Waals surface area contributed by atoms with Crippen LogP contribution in [0.1, 0.15) is 34.9 Å². The van der Waals surface area contributed by atoms with Crippen molar-refractivity contribution in [2.24, 2.45) is 0 Å². The van der Waals surface area contributed by atoms with Gasteiger partial charge in [-0.15, -0.1) is 11.3 Å². The maximum atomic E-state index is 9.75. The third-order valence-corrected chi connectivity index (χ3v) is 4.68. The molecule has 0 saturated carbocycles. The van der Waals surface area contributed by atoms with E-state index in [0.717, 1.165) is 21.7 Å². The summed E-state index contributed by atoms with van der Waals surface area (Å²) in [6.45, 7) is 9.38.